The van der Waals surface area contributed by atoms with Crippen molar-refractivity contribution in [3.63, 3.8) is 0 Å². The van der Waals surface area contributed by atoms with E-state index in [0.29, 0.717) is 11.1 Å². The van der Waals surface area contributed by atoms with Gasteiger partial charge in [0.05, 0.1) is 11.9 Å². The second-order valence-electron chi connectivity index (χ2n) is 5.28. The van der Waals surface area contributed by atoms with Gasteiger partial charge in [0.25, 0.3) is 0 Å². The standard InChI is InChI=1S/C16H14F3NO5S/c1-26(23,24)20(10-15(21)22)13-6-2-11(3-7-13)12-4-8-14(9-5-12)25-16(17,18)19/h2-9H,10H2,1H3,(H,21,22). The number of anilines is 1. The van der Waals surface area contributed by atoms with Gasteiger partial charge in [-0.1, -0.05) is 24.3 Å². The molecule has 10 heteroatoms. The Kier molecular flexibility index (Phi) is 5.45. The number of halogens is 3. The summed E-state index contributed by atoms with van der Waals surface area (Å²) in [6, 6.07) is 11.1. The van der Waals surface area contributed by atoms with Gasteiger partial charge in [-0.2, -0.15) is 0 Å². The first-order valence-electron chi connectivity index (χ1n) is 7.11. The molecule has 0 heterocycles. The van der Waals surface area contributed by atoms with Gasteiger partial charge in [0.2, 0.25) is 10.0 Å². The lowest BCUT2D eigenvalue weighted by molar-refractivity contribution is -0.274. The number of aliphatic carboxylic acids is 1. The van der Waals surface area contributed by atoms with Gasteiger partial charge in [-0.15, -0.1) is 13.2 Å². The lowest BCUT2D eigenvalue weighted by Gasteiger charge is -2.20. The van der Waals surface area contributed by atoms with Crippen molar-refractivity contribution >= 4 is 21.7 Å². The van der Waals surface area contributed by atoms with Gasteiger partial charge in [0.1, 0.15) is 12.3 Å². The van der Waals surface area contributed by atoms with Gasteiger partial charge in [-0.3, -0.25) is 9.10 Å². The maximum Gasteiger partial charge on any atom is 0.573 e. The van der Waals surface area contributed by atoms with Crippen LogP contribution in [-0.4, -0.2) is 38.7 Å². The number of ether oxygens (including phenoxy) is 1. The summed E-state index contributed by atoms with van der Waals surface area (Å²) in [4.78, 5) is 10.9. The summed E-state index contributed by atoms with van der Waals surface area (Å²) in [5.41, 5.74) is 1.35. The molecule has 0 bridgehead atoms. The lowest BCUT2D eigenvalue weighted by atomic mass is 10.1. The minimum atomic E-state index is -4.78. The number of alkyl halides is 3. The van der Waals surface area contributed by atoms with Crippen molar-refractivity contribution in [3.8, 4) is 16.9 Å². The van der Waals surface area contributed by atoms with Gasteiger partial charge in [-0.05, 0) is 35.4 Å². The van der Waals surface area contributed by atoms with Crippen LogP contribution in [0.25, 0.3) is 11.1 Å². The minimum absolute atomic E-state index is 0.163. The predicted molar refractivity (Wildman–Crippen MR) is 88.4 cm³/mol. The van der Waals surface area contributed by atoms with E-state index in [2.05, 4.69) is 4.74 Å². The highest BCUT2D eigenvalue weighted by Gasteiger charge is 2.31. The maximum absolute atomic E-state index is 12.2. The highest BCUT2D eigenvalue weighted by atomic mass is 32.2. The van der Waals surface area contributed by atoms with Crippen molar-refractivity contribution in [1.82, 2.24) is 0 Å². The van der Waals surface area contributed by atoms with Crippen LogP contribution in [0.1, 0.15) is 0 Å². The van der Waals surface area contributed by atoms with E-state index >= 15 is 0 Å². The quantitative estimate of drug-likeness (QED) is 0.821. The van der Waals surface area contributed by atoms with Crippen LogP contribution in [0.5, 0.6) is 5.75 Å². The molecule has 0 aliphatic heterocycles. The number of hydrogen-bond acceptors (Lipinski definition) is 4. The molecule has 1 N–H and O–H groups in total. The zero-order chi connectivity index (χ0) is 19.5. The Morgan fingerprint density at radius 1 is 1.04 bits per heavy atom. The highest BCUT2D eigenvalue weighted by molar-refractivity contribution is 7.92. The maximum atomic E-state index is 12.2. The van der Waals surface area contributed by atoms with E-state index in [0.717, 1.165) is 22.7 Å². The first kappa shape index (κ1) is 19.6. The molecule has 0 aliphatic rings. The fourth-order valence-electron chi connectivity index (χ4n) is 2.19. The summed E-state index contributed by atoms with van der Waals surface area (Å²) in [7, 11) is -3.78. The Balaban J connectivity index is 2.24. The molecule has 0 unspecified atom stereocenters. The number of benzene rings is 2. The molecule has 0 spiro atoms. The summed E-state index contributed by atoms with van der Waals surface area (Å²) >= 11 is 0. The number of carboxylic acid groups (broad SMARTS) is 1. The van der Waals surface area contributed by atoms with Crippen LogP contribution in [-0.2, 0) is 14.8 Å². The van der Waals surface area contributed by atoms with Crippen molar-refractivity contribution in [2.45, 2.75) is 6.36 Å². The van der Waals surface area contributed by atoms with Gasteiger partial charge in [-0.25, -0.2) is 8.42 Å². The van der Waals surface area contributed by atoms with Crippen molar-refractivity contribution in [1.29, 1.82) is 0 Å². The third kappa shape index (κ3) is 5.38. The summed E-state index contributed by atoms with van der Waals surface area (Å²) in [6.07, 6.45) is -3.88. The normalized spacial score (nSPS) is 11.8. The van der Waals surface area contributed by atoms with Crippen LogP contribution in [0.2, 0.25) is 0 Å². The van der Waals surface area contributed by atoms with Crippen LogP contribution in [0.15, 0.2) is 48.5 Å². The number of nitrogens with zero attached hydrogens (tertiary/aromatic N) is 1. The fourth-order valence-corrected chi connectivity index (χ4v) is 3.04. The summed E-state index contributed by atoms with van der Waals surface area (Å²) < 4.78 is 64.4. The van der Waals surface area contributed by atoms with Crippen LogP contribution in [0, 0.1) is 0 Å². The highest BCUT2D eigenvalue weighted by Crippen LogP contribution is 2.28. The topological polar surface area (TPSA) is 83.9 Å². The Morgan fingerprint density at radius 2 is 1.50 bits per heavy atom. The van der Waals surface area contributed by atoms with Crippen LogP contribution >= 0.6 is 0 Å². The van der Waals surface area contributed by atoms with Gasteiger partial charge in [0.15, 0.2) is 0 Å². The zero-order valence-corrected chi connectivity index (χ0v) is 14.2. The molecular formula is C16H14F3NO5S. The molecule has 0 saturated heterocycles. The van der Waals surface area contributed by atoms with Crippen molar-refractivity contribution in [2.75, 3.05) is 17.1 Å². The predicted octanol–water partition coefficient (Wildman–Crippen LogP) is 3.10. The molecule has 0 atom stereocenters. The van der Waals surface area contributed by atoms with Gasteiger partial charge in [0, 0.05) is 0 Å². The molecule has 0 radical (unpaired) electrons. The largest absolute Gasteiger partial charge is 0.573 e. The van der Waals surface area contributed by atoms with Crippen molar-refractivity contribution in [2.24, 2.45) is 0 Å². The molecule has 0 fully saturated rings. The fraction of sp³-hybridized carbons (Fsp3) is 0.188. The number of hydrogen-bond donors (Lipinski definition) is 1. The van der Waals surface area contributed by atoms with Crippen LogP contribution < -0.4 is 9.04 Å². The SMILES string of the molecule is CS(=O)(=O)N(CC(=O)O)c1ccc(-c2ccc(OC(F)(F)F)cc2)cc1. The average molecular weight is 389 g/mol. The zero-order valence-electron chi connectivity index (χ0n) is 13.4. The Labute approximate surface area is 147 Å². The van der Waals surface area contributed by atoms with Crippen LogP contribution in [0.4, 0.5) is 18.9 Å². The van der Waals surface area contributed by atoms with Gasteiger partial charge >= 0.3 is 12.3 Å². The molecule has 0 aromatic heterocycles. The van der Waals surface area contributed by atoms with Crippen LogP contribution in [0.3, 0.4) is 0 Å². The lowest BCUT2D eigenvalue weighted by Crippen LogP contribution is -2.34. The summed E-state index contributed by atoms with van der Waals surface area (Å²) in [5.74, 6) is -1.66. The average Bonchev–Trinajstić information content (AvgIpc) is 2.51. The third-order valence-corrected chi connectivity index (χ3v) is 4.40. The van der Waals surface area contributed by atoms with E-state index in [1.807, 2.05) is 0 Å². The van der Waals surface area contributed by atoms with E-state index in [1.54, 1.807) is 0 Å². The second kappa shape index (κ2) is 7.24. The minimum Gasteiger partial charge on any atom is -0.480 e. The van der Waals surface area contributed by atoms with Crippen molar-refractivity contribution < 1.29 is 36.2 Å². The van der Waals surface area contributed by atoms with E-state index in [1.165, 1.54) is 36.4 Å². The van der Waals surface area contributed by atoms with Gasteiger partial charge < -0.3 is 9.84 Å². The number of rotatable bonds is 6. The molecule has 0 aliphatic carbocycles. The smallest absolute Gasteiger partial charge is 0.480 e. The monoisotopic (exact) mass is 389 g/mol. The Bertz CT molecular complexity index is 878. The molecule has 0 amide bonds. The number of sulfonamides is 1. The molecule has 2 aromatic rings. The molecule has 2 aromatic carbocycles. The van der Waals surface area contributed by atoms with E-state index < -0.39 is 28.9 Å². The molecule has 6 nitrogen and oxygen atoms in total. The molecular weight excluding hydrogens is 375 g/mol. The summed E-state index contributed by atoms with van der Waals surface area (Å²) in [6.45, 7) is -0.721. The van der Waals surface area contributed by atoms with Crippen molar-refractivity contribution in [3.05, 3.63) is 48.5 Å². The van der Waals surface area contributed by atoms with E-state index in [9.17, 15) is 26.4 Å². The first-order chi connectivity index (χ1) is 12.0. The number of carbonyl (C=O) groups is 1. The van der Waals surface area contributed by atoms with E-state index in [-0.39, 0.29) is 11.4 Å². The molecule has 140 valence electrons. The molecule has 26 heavy (non-hydrogen) atoms. The molecule has 0 saturated carbocycles. The van der Waals surface area contributed by atoms with E-state index in [4.69, 9.17) is 5.11 Å². The first-order valence-corrected chi connectivity index (χ1v) is 8.96. The molecule has 2 rings (SSSR count). The Hall–Kier alpha value is -2.75. The number of carboxylic acids is 1. The summed E-state index contributed by atoms with van der Waals surface area (Å²) in [5, 5.41) is 8.85. The second-order valence-corrected chi connectivity index (χ2v) is 7.19. The Morgan fingerprint density at radius 3 is 1.88 bits per heavy atom. The third-order valence-electron chi connectivity index (χ3n) is 3.26.